The first-order chi connectivity index (χ1) is 9.81. The van der Waals surface area contributed by atoms with Crippen LogP contribution in [0.15, 0.2) is 22.7 Å². The van der Waals surface area contributed by atoms with E-state index in [9.17, 15) is 13.2 Å². The van der Waals surface area contributed by atoms with Gasteiger partial charge in [-0.05, 0) is 31.0 Å². The Labute approximate surface area is 131 Å². The summed E-state index contributed by atoms with van der Waals surface area (Å²) in [5, 5.41) is 3.47. The van der Waals surface area contributed by atoms with Gasteiger partial charge in [0.05, 0.1) is 5.56 Å². The Morgan fingerprint density at radius 1 is 1.29 bits per heavy atom. The van der Waals surface area contributed by atoms with Crippen LogP contribution >= 0.6 is 15.9 Å². The minimum atomic E-state index is -4.34. The van der Waals surface area contributed by atoms with Crippen LogP contribution in [0.1, 0.15) is 32.3 Å². The molecule has 21 heavy (non-hydrogen) atoms. The lowest BCUT2D eigenvalue weighted by atomic mass is 9.89. The number of anilines is 1. The van der Waals surface area contributed by atoms with Crippen LogP contribution in [-0.2, 0) is 6.18 Å². The fourth-order valence-corrected chi connectivity index (χ4v) is 3.26. The lowest BCUT2D eigenvalue weighted by Gasteiger charge is -2.44. The van der Waals surface area contributed by atoms with Crippen LogP contribution in [-0.4, -0.2) is 25.2 Å². The van der Waals surface area contributed by atoms with Crippen molar-refractivity contribution in [2.45, 2.75) is 38.4 Å². The van der Waals surface area contributed by atoms with E-state index in [4.69, 9.17) is 0 Å². The summed E-state index contributed by atoms with van der Waals surface area (Å²) >= 11 is 3.13. The Bertz CT molecular complexity index is 498. The number of alkyl halides is 3. The number of nitrogens with zero attached hydrogens (tertiary/aromatic N) is 1. The molecule has 0 amide bonds. The Kier molecular flexibility index (Phi) is 4.88. The van der Waals surface area contributed by atoms with Gasteiger partial charge in [-0.2, -0.15) is 13.2 Å². The summed E-state index contributed by atoms with van der Waals surface area (Å²) < 4.78 is 40.3. The van der Waals surface area contributed by atoms with Gasteiger partial charge >= 0.3 is 6.18 Å². The first-order valence-electron chi connectivity index (χ1n) is 7.18. The van der Waals surface area contributed by atoms with Crippen molar-refractivity contribution in [3.8, 4) is 0 Å². The molecule has 1 aliphatic heterocycles. The van der Waals surface area contributed by atoms with Crippen LogP contribution in [0.2, 0.25) is 0 Å². The molecule has 0 aromatic heterocycles. The molecule has 0 radical (unpaired) electrons. The molecule has 6 heteroatoms. The van der Waals surface area contributed by atoms with E-state index in [-0.39, 0.29) is 11.2 Å². The second-order valence-corrected chi connectivity index (χ2v) is 6.41. The summed E-state index contributed by atoms with van der Waals surface area (Å²) in [6.45, 7) is 6.05. The highest BCUT2D eigenvalue weighted by atomic mass is 79.9. The molecule has 0 bridgehead atoms. The highest BCUT2D eigenvalue weighted by Crippen LogP contribution is 2.39. The van der Waals surface area contributed by atoms with E-state index in [1.807, 2.05) is 4.90 Å². The average Bonchev–Trinajstić information content (AvgIpc) is 2.46. The van der Waals surface area contributed by atoms with Gasteiger partial charge in [0.15, 0.2) is 0 Å². The number of benzene rings is 1. The minimum Gasteiger partial charge on any atom is -0.368 e. The summed E-state index contributed by atoms with van der Waals surface area (Å²) in [7, 11) is 0. The van der Waals surface area contributed by atoms with Crippen molar-refractivity contribution >= 4 is 21.6 Å². The smallest absolute Gasteiger partial charge is 0.368 e. The molecule has 0 spiro atoms. The van der Waals surface area contributed by atoms with Crippen LogP contribution in [0.25, 0.3) is 0 Å². The zero-order valence-electron chi connectivity index (χ0n) is 12.2. The molecule has 0 aliphatic carbocycles. The molecule has 1 heterocycles. The number of rotatable bonds is 3. The predicted octanol–water partition coefficient (Wildman–Crippen LogP) is 4.44. The molecule has 1 aromatic rings. The lowest BCUT2D eigenvalue weighted by molar-refractivity contribution is -0.137. The second-order valence-electron chi connectivity index (χ2n) is 5.49. The maximum Gasteiger partial charge on any atom is 0.418 e. The molecule has 0 atom stereocenters. The van der Waals surface area contributed by atoms with Crippen LogP contribution in [0.5, 0.6) is 0 Å². The molecular formula is C15H20BrF3N2. The van der Waals surface area contributed by atoms with Crippen molar-refractivity contribution in [1.82, 2.24) is 5.32 Å². The van der Waals surface area contributed by atoms with Gasteiger partial charge in [0.1, 0.15) is 0 Å². The molecular weight excluding hydrogens is 345 g/mol. The Morgan fingerprint density at radius 3 is 2.52 bits per heavy atom. The van der Waals surface area contributed by atoms with Gasteiger partial charge in [0, 0.05) is 35.3 Å². The fraction of sp³-hybridized carbons (Fsp3) is 0.600. The fourth-order valence-electron chi connectivity index (χ4n) is 2.90. The predicted molar refractivity (Wildman–Crippen MR) is 82.7 cm³/mol. The molecule has 2 nitrogen and oxygen atoms in total. The highest BCUT2D eigenvalue weighted by molar-refractivity contribution is 9.10. The van der Waals surface area contributed by atoms with Crippen molar-refractivity contribution in [3.63, 3.8) is 0 Å². The van der Waals surface area contributed by atoms with Crippen molar-refractivity contribution in [2.75, 3.05) is 24.5 Å². The van der Waals surface area contributed by atoms with Crippen molar-refractivity contribution in [2.24, 2.45) is 0 Å². The number of hydrogen-bond donors (Lipinski definition) is 1. The molecule has 1 aromatic carbocycles. The second kappa shape index (κ2) is 6.16. The van der Waals surface area contributed by atoms with Crippen molar-refractivity contribution < 1.29 is 13.2 Å². The van der Waals surface area contributed by atoms with E-state index in [0.717, 1.165) is 18.9 Å². The van der Waals surface area contributed by atoms with Gasteiger partial charge in [-0.15, -0.1) is 0 Å². The normalized spacial score (nSPS) is 18.9. The van der Waals surface area contributed by atoms with Crippen molar-refractivity contribution in [1.29, 1.82) is 0 Å². The summed E-state index contributed by atoms with van der Waals surface area (Å²) in [5.41, 5.74) is -0.396. The van der Waals surface area contributed by atoms with E-state index in [0.29, 0.717) is 24.1 Å². The molecule has 0 unspecified atom stereocenters. The molecule has 1 aliphatic rings. The number of piperazine rings is 1. The van der Waals surface area contributed by atoms with E-state index in [1.165, 1.54) is 0 Å². The van der Waals surface area contributed by atoms with Gasteiger partial charge < -0.3 is 10.2 Å². The largest absolute Gasteiger partial charge is 0.418 e. The van der Waals surface area contributed by atoms with Crippen LogP contribution in [0.3, 0.4) is 0 Å². The number of nitrogens with one attached hydrogen (secondary N) is 1. The Hall–Kier alpha value is -0.750. The molecule has 118 valence electrons. The molecule has 1 saturated heterocycles. The monoisotopic (exact) mass is 364 g/mol. The molecule has 0 saturated carbocycles. The summed E-state index contributed by atoms with van der Waals surface area (Å²) in [6.07, 6.45) is -2.54. The van der Waals surface area contributed by atoms with Crippen LogP contribution < -0.4 is 10.2 Å². The topological polar surface area (TPSA) is 15.3 Å². The van der Waals surface area contributed by atoms with Gasteiger partial charge in [0.25, 0.3) is 0 Å². The van der Waals surface area contributed by atoms with Gasteiger partial charge in [-0.25, -0.2) is 0 Å². The summed E-state index contributed by atoms with van der Waals surface area (Å²) in [4.78, 5) is 1.86. The van der Waals surface area contributed by atoms with Gasteiger partial charge in [-0.3, -0.25) is 0 Å². The van der Waals surface area contributed by atoms with E-state index in [2.05, 4.69) is 35.1 Å². The summed E-state index contributed by atoms with van der Waals surface area (Å²) in [6, 6.07) is 4.40. The molecule has 1 N–H and O–H groups in total. The standard InChI is InChI=1S/C15H20BrF3N2/c1-3-14(4-2)10-21(8-7-20-14)13-6-5-11(16)9-12(13)15(17,18)19/h5-6,9,20H,3-4,7-8,10H2,1-2H3. The molecule has 1 fully saturated rings. The SMILES string of the molecule is CCC1(CC)CN(c2ccc(Br)cc2C(F)(F)F)CCN1. The summed E-state index contributed by atoms with van der Waals surface area (Å²) in [5.74, 6) is 0. The maximum absolute atomic E-state index is 13.3. The third-order valence-corrected chi connectivity index (χ3v) is 4.83. The third kappa shape index (κ3) is 3.54. The minimum absolute atomic E-state index is 0.103. The Balaban J connectivity index is 2.38. The van der Waals surface area contributed by atoms with Gasteiger partial charge in [0.2, 0.25) is 0 Å². The Morgan fingerprint density at radius 2 is 1.95 bits per heavy atom. The molecule has 2 rings (SSSR count). The van der Waals surface area contributed by atoms with Crippen LogP contribution in [0.4, 0.5) is 18.9 Å². The lowest BCUT2D eigenvalue weighted by Crippen LogP contribution is -2.60. The first-order valence-corrected chi connectivity index (χ1v) is 7.97. The van der Waals surface area contributed by atoms with Crippen molar-refractivity contribution in [3.05, 3.63) is 28.2 Å². The van der Waals surface area contributed by atoms with E-state index < -0.39 is 11.7 Å². The number of hydrogen-bond acceptors (Lipinski definition) is 2. The zero-order chi connectivity index (χ0) is 15.7. The zero-order valence-corrected chi connectivity index (χ0v) is 13.8. The quantitative estimate of drug-likeness (QED) is 0.852. The average molecular weight is 365 g/mol. The maximum atomic E-state index is 13.3. The van der Waals surface area contributed by atoms with Gasteiger partial charge in [-0.1, -0.05) is 29.8 Å². The number of halogens is 4. The highest BCUT2D eigenvalue weighted by Gasteiger charge is 2.38. The first kappa shape index (κ1) is 16.6. The van der Waals surface area contributed by atoms with Crippen LogP contribution in [0, 0.1) is 0 Å². The third-order valence-electron chi connectivity index (χ3n) is 4.33. The van der Waals surface area contributed by atoms with E-state index >= 15 is 0 Å². The van der Waals surface area contributed by atoms with E-state index in [1.54, 1.807) is 12.1 Å².